The van der Waals surface area contributed by atoms with Crippen molar-refractivity contribution in [2.24, 2.45) is 0 Å². The number of carbonyl (C=O) groups is 1. The molecule has 0 unspecified atom stereocenters. The fourth-order valence-electron chi connectivity index (χ4n) is 2.31. The van der Waals surface area contributed by atoms with Crippen LogP contribution in [0.2, 0.25) is 10.0 Å². The van der Waals surface area contributed by atoms with Gasteiger partial charge in [-0.15, -0.1) is 0 Å². The lowest BCUT2D eigenvalue weighted by Crippen LogP contribution is -2.53. The fourth-order valence-corrected chi connectivity index (χ4v) is 4.47. The number of hydrogen-bond donors (Lipinski definition) is 1. The standard InChI is InChI=1S/C13H16Cl2N2O4S/c1-9(13(18)19)16-5-7-17(8-6-16)22(20,21)11-4-2-3-10(14)12(11)15/h2-4,9H,5-8H2,1H3,(H,18,19)/t9-/m0/s1. The van der Waals surface area contributed by atoms with E-state index in [0.717, 1.165) is 0 Å². The average molecular weight is 367 g/mol. The van der Waals surface area contributed by atoms with Gasteiger partial charge < -0.3 is 5.11 Å². The van der Waals surface area contributed by atoms with E-state index in [4.69, 9.17) is 28.3 Å². The van der Waals surface area contributed by atoms with Gasteiger partial charge in [-0.1, -0.05) is 29.3 Å². The summed E-state index contributed by atoms with van der Waals surface area (Å²) in [5.41, 5.74) is 0. The Morgan fingerprint density at radius 1 is 1.23 bits per heavy atom. The smallest absolute Gasteiger partial charge is 0.320 e. The van der Waals surface area contributed by atoms with Crippen molar-refractivity contribution in [2.45, 2.75) is 17.9 Å². The normalized spacial score (nSPS) is 19.0. The van der Waals surface area contributed by atoms with E-state index in [9.17, 15) is 13.2 Å². The lowest BCUT2D eigenvalue weighted by molar-refractivity contribution is -0.143. The second-order valence-corrected chi connectivity index (χ2v) is 7.70. The van der Waals surface area contributed by atoms with Crippen LogP contribution in [0.15, 0.2) is 23.1 Å². The maximum atomic E-state index is 12.6. The number of rotatable bonds is 4. The molecule has 1 atom stereocenters. The van der Waals surface area contributed by atoms with Gasteiger partial charge in [-0.25, -0.2) is 8.42 Å². The van der Waals surface area contributed by atoms with Gasteiger partial charge in [0.2, 0.25) is 10.0 Å². The maximum absolute atomic E-state index is 12.6. The molecular formula is C13H16Cl2N2O4S. The molecule has 1 aliphatic heterocycles. The molecule has 6 nitrogen and oxygen atoms in total. The van der Waals surface area contributed by atoms with Crippen LogP contribution < -0.4 is 0 Å². The predicted molar refractivity (Wildman–Crippen MR) is 83.9 cm³/mol. The van der Waals surface area contributed by atoms with Crippen LogP contribution in [-0.2, 0) is 14.8 Å². The van der Waals surface area contributed by atoms with Gasteiger partial charge in [0.15, 0.2) is 0 Å². The topological polar surface area (TPSA) is 77.9 Å². The zero-order valence-electron chi connectivity index (χ0n) is 11.9. The van der Waals surface area contributed by atoms with Crippen LogP contribution in [0.4, 0.5) is 0 Å². The zero-order valence-corrected chi connectivity index (χ0v) is 14.2. The summed E-state index contributed by atoms with van der Waals surface area (Å²) in [6.07, 6.45) is 0. The maximum Gasteiger partial charge on any atom is 0.320 e. The van der Waals surface area contributed by atoms with E-state index in [1.807, 2.05) is 0 Å². The first-order chi connectivity index (χ1) is 10.2. The highest BCUT2D eigenvalue weighted by molar-refractivity contribution is 7.89. The number of halogens is 2. The van der Waals surface area contributed by atoms with Crippen molar-refractivity contribution in [1.82, 2.24) is 9.21 Å². The highest BCUT2D eigenvalue weighted by Gasteiger charge is 2.33. The Hall–Kier alpha value is -0.860. The third-order valence-corrected chi connectivity index (χ3v) is 6.58. The van der Waals surface area contributed by atoms with Crippen molar-refractivity contribution in [3.8, 4) is 0 Å². The minimum absolute atomic E-state index is 0.00509. The summed E-state index contributed by atoms with van der Waals surface area (Å²) < 4.78 is 26.5. The van der Waals surface area contributed by atoms with Gasteiger partial charge in [0.05, 0.1) is 10.0 Å². The summed E-state index contributed by atoms with van der Waals surface area (Å²) in [7, 11) is -3.74. The minimum atomic E-state index is -3.74. The molecule has 122 valence electrons. The third kappa shape index (κ3) is 3.38. The Bertz CT molecular complexity index is 673. The molecule has 0 radical (unpaired) electrons. The van der Waals surface area contributed by atoms with E-state index in [-0.39, 0.29) is 28.0 Å². The minimum Gasteiger partial charge on any atom is -0.480 e. The molecule has 0 amide bonds. The molecule has 0 spiro atoms. The second-order valence-electron chi connectivity index (χ2n) is 5.01. The van der Waals surface area contributed by atoms with Crippen LogP contribution in [-0.4, -0.2) is 60.9 Å². The number of sulfonamides is 1. The molecule has 0 bridgehead atoms. The Kier molecular flexibility index (Phi) is 5.34. The Labute approximate surface area is 139 Å². The molecule has 2 rings (SSSR count). The van der Waals surface area contributed by atoms with Gasteiger partial charge in [-0.2, -0.15) is 4.31 Å². The number of hydrogen-bond acceptors (Lipinski definition) is 4. The SMILES string of the molecule is C[C@@H](C(=O)O)N1CCN(S(=O)(=O)c2cccc(Cl)c2Cl)CC1. The molecule has 1 heterocycles. The predicted octanol–water partition coefficient (Wildman–Crippen LogP) is 1.77. The lowest BCUT2D eigenvalue weighted by atomic mass is 10.2. The number of carboxylic acid groups (broad SMARTS) is 1. The van der Waals surface area contributed by atoms with E-state index in [2.05, 4.69) is 0 Å². The Morgan fingerprint density at radius 3 is 2.36 bits per heavy atom. The number of benzene rings is 1. The van der Waals surface area contributed by atoms with Crippen LogP contribution in [0.5, 0.6) is 0 Å². The molecule has 1 saturated heterocycles. The van der Waals surface area contributed by atoms with Crippen LogP contribution in [0.1, 0.15) is 6.92 Å². The second kappa shape index (κ2) is 6.72. The molecule has 1 fully saturated rings. The van der Waals surface area contributed by atoms with Gasteiger partial charge in [0.25, 0.3) is 0 Å². The summed E-state index contributed by atoms with van der Waals surface area (Å²) in [6, 6.07) is 3.83. The highest BCUT2D eigenvalue weighted by atomic mass is 35.5. The van der Waals surface area contributed by atoms with Crippen molar-refractivity contribution in [3.05, 3.63) is 28.2 Å². The number of aliphatic carboxylic acids is 1. The monoisotopic (exact) mass is 366 g/mol. The van der Waals surface area contributed by atoms with Crippen molar-refractivity contribution in [1.29, 1.82) is 0 Å². The van der Waals surface area contributed by atoms with Crippen LogP contribution >= 0.6 is 23.2 Å². The highest BCUT2D eigenvalue weighted by Crippen LogP contribution is 2.31. The molecular weight excluding hydrogens is 351 g/mol. The molecule has 1 aromatic rings. The van der Waals surface area contributed by atoms with Gasteiger partial charge >= 0.3 is 5.97 Å². The molecule has 0 aliphatic carbocycles. The first-order valence-electron chi connectivity index (χ1n) is 6.66. The van der Waals surface area contributed by atoms with E-state index < -0.39 is 22.0 Å². The largest absolute Gasteiger partial charge is 0.480 e. The first-order valence-corrected chi connectivity index (χ1v) is 8.85. The summed E-state index contributed by atoms with van der Waals surface area (Å²) in [6.45, 7) is 2.71. The van der Waals surface area contributed by atoms with E-state index in [1.54, 1.807) is 11.8 Å². The quantitative estimate of drug-likeness (QED) is 0.878. The van der Waals surface area contributed by atoms with E-state index in [0.29, 0.717) is 13.1 Å². The number of nitrogens with zero attached hydrogens (tertiary/aromatic N) is 2. The third-order valence-electron chi connectivity index (χ3n) is 3.71. The molecule has 1 N–H and O–H groups in total. The molecule has 0 aromatic heterocycles. The van der Waals surface area contributed by atoms with Crippen molar-refractivity contribution in [3.63, 3.8) is 0 Å². The number of carboxylic acids is 1. The van der Waals surface area contributed by atoms with Crippen molar-refractivity contribution < 1.29 is 18.3 Å². The van der Waals surface area contributed by atoms with Gasteiger partial charge in [-0.3, -0.25) is 9.69 Å². The Balaban J connectivity index is 2.16. The Morgan fingerprint density at radius 2 is 1.82 bits per heavy atom. The lowest BCUT2D eigenvalue weighted by Gasteiger charge is -2.35. The average Bonchev–Trinajstić information content (AvgIpc) is 2.49. The van der Waals surface area contributed by atoms with Gasteiger partial charge in [0, 0.05) is 26.2 Å². The van der Waals surface area contributed by atoms with Crippen LogP contribution in [0.25, 0.3) is 0 Å². The summed E-state index contributed by atoms with van der Waals surface area (Å²) >= 11 is 11.9. The summed E-state index contributed by atoms with van der Waals surface area (Å²) in [5, 5.41) is 9.19. The first kappa shape index (κ1) is 17.5. The molecule has 22 heavy (non-hydrogen) atoms. The van der Waals surface area contributed by atoms with E-state index in [1.165, 1.54) is 22.5 Å². The van der Waals surface area contributed by atoms with E-state index >= 15 is 0 Å². The summed E-state index contributed by atoms with van der Waals surface area (Å²) in [5.74, 6) is -0.922. The molecule has 0 saturated carbocycles. The van der Waals surface area contributed by atoms with Crippen molar-refractivity contribution in [2.75, 3.05) is 26.2 Å². The van der Waals surface area contributed by atoms with Gasteiger partial charge in [0.1, 0.15) is 10.9 Å². The molecule has 1 aliphatic rings. The number of piperazine rings is 1. The van der Waals surface area contributed by atoms with Crippen LogP contribution in [0.3, 0.4) is 0 Å². The van der Waals surface area contributed by atoms with Crippen LogP contribution in [0, 0.1) is 0 Å². The zero-order chi connectivity index (χ0) is 16.5. The van der Waals surface area contributed by atoms with Gasteiger partial charge in [-0.05, 0) is 19.1 Å². The van der Waals surface area contributed by atoms with Crippen molar-refractivity contribution >= 4 is 39.2 Å². The fraction of sp³-hybridized carbons (Fsp3) is 0.462. The summed E-state index contributed by atoms with van der Waals surface area (Å²) in [4.78, 5) is 12.7. The molecule has 9 heteroatoms. The molecule has 1 aromatic carbocycles.